The van der Waals surface area contributed by atoms with Crippen LogP contribution >= 0.6 is 69.6 Å². The molecular weight excluding hydrogens is 2270 g/mol. The van der Waals surface area contributed by atoms with E-state index in [2.05, 4.69) is 9.97 Å². The van der Waals surface area contributed by atoms with E-state index in [1.165, 1.54) is 24.3 Å². The van der Waals surface area contributed by atoms with Crippen LogP contribution in [0.2, 0.25) is 0 Å². The fraction of sp³-hybridized carbons (Fsp3) is 0.586. The van der Waals surface area contributed by atoms with Gasteiger partial charge in [-0.25, -0.2) is 72.8 Å². The number of ether oxygens (including phenoxy) is 12. The number of carbonyl (C=O) groups excluding carboxylic acids is 4. The Morgan fingerprint density at radius 1 is 0.300 bits per heavy atom. The topological polar surface area (TPSA) is 591 Å². The molecule has 4 saturated heterocycles. The molecule has 0 radical (unpaired) electrons. The second kappa shape index (κ2) is 50.5. The van der Waals surface area contributed by atoms with Gasteiger partial charge in [-0.15, -0.1) is 0 Å². The van der Waals surface area contributed by atoms with Crippen LogP contribution in [0.4, 0.5) is 52.7 Å². The average Bonchev–Trinajstić information content (AvgIpc) is 0.769. The zero-order chi connectivity index (χ0) is 86.4. The van der Waals surface area contributed by atoms with Gasteiger partial charge in [0.05, 0.1) is 75.6 Å². The third-order valence-corrected chi connectivity index (χ3v) is 16.9. The van der Waals surface area contributed by atoms with E-state index >= 15 is 0 Å². The standard InChI is InChI=1S/2C26H30N2O8.2CHCl3.4CHF3O3S.4Ag.4H2O/c2*1-23-11-31-21(29)17-7-5-8-18(27-17)22(30)32-12-24(2)15-35-26(4,36-16-24)20-10-6-9-19(28-20)25(3,33-13-23)34-14-23;2*2-1(3)4;4*2-1(3,4)8(5,6)7;;;;;;;;/h2*5-10H,11-16H2,1-4H3;2*1H;4*(H,5,6,7);;;;;4*1H2/q;;;;;;;;4*+1;;;;. The molecule has 0 spiro atoms. The molecule has 708 valence electrons. The predicted molar refractivity (Wildman–Crippen MR) is 373 cm³/mol. The summed E-state index contributed by atoms with van der Waals surface area (Å²) in [7, 11) is -24.4. The fourth-order valence-electron chi connectivity index (χ4n) is 8.21. The van der Waals surface area contributed by atoms with Crippen LogP contribution in [0, 0.1) is 21.7 Å². The second-order valence-electron chi connectivity index (χ2n) is 25.4. The Morgan fingerprint density at radius 2 is 0.425 bits per heavy atom. The summed E-state index contributed by atoms with van der Waals surface area (Å²) in [5.74, 6) is -6.97. The number of rotatable bonds is 0. The summed E-state index contributed by atoms with van der Waals surface area (Å²) < 4.78 is 305. The van der Waals surface area contributed by atoms with Crippen LogP contribution in [-0.4, -0.2) is 206 Å². The summed E-state index contributed by atoms with van der Waals surface area (Å²) in [6.45, 7) is 17.2. The van der Waals surface area contributed by atoms with Crippen molar-refractivity contribution in [2.45, 2.75) is 109 Å². The Balaban J connectivity index is -0.000000357. The first-order valence-corrected chi connectivity index (χ1v) is 38.4. The number of carbonyl (C=O) groups is 4. The molecule has 10 aliphatic rings. The molecule has 0 aromatic carbocycles. The molecule has 14 heterocycles. The Bertz CT molecular complexity index is 3860. The van der Waals surface area contributed by atoms with Gasteiger partial charge in [-0.05, 0) is 76.2 Å². The van der Waals surface area contributed by atoms with Gasteiger partial charge in [0.1, 0.15) is 49.2 Å². The SMILES string of the molecule is CC12COC(=O)c3cccc(n3)C(=O)OCC3(C)COC(C)(OC3)c3cccc(n3)C(C)(OC1)OC2.CC12COC(=O)c3cccc(n3)C(=O)OCC3(C)COC(C)(OC3)c3cccc(n3)C(C)(OC1)OC2.ClC(Cl)Cl.ClC(Cl)Cl.O=S(=O)([O-])C(F)(F)F.O=S(=O)([O-])C(F)(F)F.O=S(=O)([O-])C(F)(F)F.O=S(=O)([O-])C(F)(F)F.[Ag+].[Ag+].[Ag+].[Ag+].[OH3+].[OH3+].[OH3+].[OH3+]. The third-order valence-electron chi connectivity index (χ3n) is 14.6. The van der Waals surface area contributed by atoms with Crippen LogP contribution in [0.5, 0.6) is 0 Å². The molecule has 4 aromatic rings. The maximum atomic E-state index is 12.7. The number of aromatic nitrogens is 4. The smallest absolute Gasteiger partial charge is 0.741 e. The van der Waals surface area contributed by atoms with E-state index in [0.29, 0.717) is 22.8 Å². The van der Waals surface area contributed by atoms with Gasteiger partial charge in [0, 0.05) is 21.7 Å². The molecule has 4 aromatic heterocycles. The number of pyridine rings is 4. The van der Waals surface area contributed by atoms with Gasteiger partial charge in [0.2, 0.25) is 23.1 Å². The van der Waals surface area contributed by atoms with Gasteiger partial charge < -0.3 is 97.0 Å². The number of hydrogen-bond acceptors (Lipinski definition) is 32. The second-order valence-corrected chi connectivity index (χ2v) is 34.8. The van der Waals surface area contributed by atoms with Crippen molar-refractivity contribution in [1.29, 1.82) is 0 Å². The summed E-state index contributed by atoms with van der Waals surface area (Å²) >= 11 is 28.8. The maximum Gasteiger partial charge on any atom is 1.00 e. The minimum absolute atomic E-state index is 0. The Hall–Kier alpha value is -2.50. The van der Waals surface area contributed by atoms with Crippen molar-refractivity contribution < 1.29 is 292 Å². The van der Waals surface area contributed by atoms with Crippen LogP contribution in [0.15, 0.2) is 72.8 Å². The van der Waals surface area contributed by atoms with E-state index in [-0.39, 0.29) is 213 Å². The van der Waals surface area contributed by atoms with Gasteiger partial charge in [0.15, 0.2) is 49.1 Å². The molecule has 4 fully saturated rings. The zero-order valence-corrected chi connectivity index (χ0v) is 75.5. The first-order chi connectivity index (χ1) is 50.5. The first-order valence-electron chi connectivity index (χ1n) is 30.1. The summed E-state index contributed by atoms with van der Waals surface area (Å²) in [6, 6.07) is 20.1. The normalized spacial score (nSPS) is 25.4. The Labute approximate surface area is 767 Å². The zero-order valence-electron chi connectivity index (χ0n) is 61.7. The molecule has 120 heavy (non-hydrogen) atoms. The van der Waals surface area contributed by atoms with Crippen LogP contribution in [-0.2, 0) is 232 Å². The summed E-state index contributed by atoms with van der Waals surface area (Å²) in [5.41, 5.74) is -22.6. The van der Waals surface area contributed by atoms with Crippen molar-refractivity contribution >= 4 is 134 Å². The molecule has 0 saturated carbocycles. The van der Waals surface area contributed by atoms with E-state index in [9.17, 15) is 71.9 Å². The van der Waals surface area contributed by atoms with Gasteiger partial charge >= 0.3 is 135 Å². The molecule has 16 bridgehead atoms. The van der Waals surface area contributed by atoms with Crippen molar-refractivity contribution in [3.63, 3.8) is 0 Å². The first kappa shape index (κ1) is 128. The predicted octanol–water partition coefficient (Wildman–Crippen LogP) is 6.39. The van der Waals surface area contributed by atoms with Crippen molar-refractivity contribution in [1.82, 2.24) is 19.9 Å². The maximum absolute atomic E-state index is 12.7. The largest absolute Gasteiger partial charge is 1.00 e. The summed E-state index contributed by atoms with van der Waals surface area (Å²) in [5, 5.41) is 0. The van der Waals surface area contributed by atoms with E-state index < -0.39 is 140 Å². The molecule has 10 aliphatic heterocycles. The van der Waals surface area contributed by atoms with Gasteiger partial charge in [0.25, 0.3) is 0 Å². The minimum Gasteiger partial charge on any atom is -0.741 e. The molecule has 62 heteroatoms. The quantitative estimate of drug-likeness (QED) is 0.0269. The van der Waals surface area contributed by atoms with Gasteiger partial charge in [-0.3, -0.25) is 0 Å². The molecule has 0 aliphatic carbocycles. The fourth-order valence-corrected chi connectivity index (χ4v) is 8.21. The van der Waals surface area contributed by atoms with Gasteiger partial charge in [-0.1, -0.05) is 122 Å². The number of alkyl halides is 18. The third kappa shape index (κ3) is 40.4. The van der Waals surface area contributed by atoms with Crippen molar-refractivity contribution in [3.05, 3.63) is 118 Å². The number of esters is 4. The molecule has 12 N–H and O–H groups in total. The molecule has 0 amide bonds. The van der Waals surface area contributed by atoms with Crippen LogP contribution in [0.3, 0.4) is 0 Å². The van der Waals surface area contributed by atoms with E-state index in [4.69, 9.17) is 188 Å². The van der Waals surface area contributed by atoms with Crippen molar-refractivity contribution in [3.8, 4) is 0 Å². The molecular formula is C58H74Ag4Cl6F12N4O32S4+4. The summed E-state index contributed by atoms with van der Waals surface area (Å²) in [4.78, 5) is 68.6. The monoisotopic (exact) mass is 2330 g/mol. The van der Waals surface area contributed by atoms with Crippen molar-refractivity contribution in [2.24, 2.45) is 21.7 Å². The molecule has 36 nitrogen and oxygen atoms in total. The van der Waals surface area contributed by atoms with Crippen molar-refractivity contribution in [2.75, 3.05) is 79.3 Å². The average molecular weight is 2340 g/mol. The molecule has 14 rings (SSSR count). The van der Waals surface area contributed by atoms with Crippen LogP contribution in [0.25, 0.3) is 0 Å². The number of fused-ring (bicyclic) bond motifs is 4. The Morgan fingerprint density at radius 3 is 0.550 bits per heavy atom. The summed E-state index contributed by atoms with van der Waals surface area (Å²) in [6.07, 6.45) is 0. The molecule has 0 unspecified atom stereocenters. The molecule has 0 atom stereocenters. The van der Waals surface area contributed by atoms with Crippen LogP contribution < -0.4 is 0 Å². The number of nitrogens with zero attached hydrogens (tertiary/aromatic N) is 4. The number of halogens is 18. The van der Waals surface area contributed by atoms with Gasteiger partial charge in [-0.2, -0.15) is 52.7 Å². The van der Waals surface area contributed by atoms with Crippen LogP contribution in [0.1, 0.15) is 120 Å². The number of hydrogen-bond donors (Lipinski definition) is 0. The van der Waals surface area contributed by atoms with E-state index in [1.807, 2.05) is 91.8 Å². The minimum atomic E-state index is -6.09. The Kier molecular flexibility index (Phi) is 53.9. The van der Waals surface area contributed by atoms with E-state index in [0.717, 1.165) is 0 Å². The van der Waals surface area contributed by atoms with E-state index in [1.54, 1.807) is 12.1 Å².